The number of carbonyl (C=O) groups is 1. The van der Waals surface area contributed by atoms with Crippen molar-refractivity contribution in [2.24, 2.45) is 46.3 Å². The van der Waals surface area contributed by atoms with Crippen molar-refractivity contribution in [2.45, 2.75) is 131 Å². The summed E-state index contributed by atoms with van der Waals surface area (Å²) >= 11 is 0. The summed E-state index contributed by atoms with van der Waals surface area (Å²) < 4.78 is 17.4. The molecule has 5 heteroatoms. The zero-order valence-corrected chi connectivity index (χ0v) is 29.0. The van der Waals surface area contributed by atoms with Crippen LogP contribution in [0, 0.1) is 46.3 Å². The molecule has 5 nitrogen and oxygen atoms in total. The molecule has 0 unspecified atom stereocenters. The van der Waals surface area contributed by atoms with Crippen molar-refractivity contribution in [3.63, 3.8) is 0 Å². The topological polar surface area (TPSA) is 65.7 Å². The molecular formula is C41H56O5. The van der Waals surface area contributed by atoms with Gasteiger partial charge in [0.25, 0.3) is 0 Å². The number of allylic oxidation sites excluding steroid dienone is 1. The van der Waals surface area contributed by atoms with Gasteiger partial charge in [0, 0.05) is 23.4 Å². The number of ether oxygens (including phenoxy) is 2. The van der Waals surface area contributed by atoms with E-state index in [0.29, 0.717) is 16.7 Å². The third kappa shape index (κ3) is 5.66. The van der Waals surface area contributed by atoms with Gasteiger partial charge in [-0.05, 0) is 128 Å². The Kier molecular flexibility index (Phi) is 8.68. The summed E-state index contributed by atoms with van der Waals surface area (Å²) in [6.45, 7) is 12.3. The van der Waals surface area contributed by atoms with E-state index in [1.165, 1.54) is 56.9 Å². The summed E-state index contributed by atoms with van der Waals surface area (Å²) in [6, 6.07) is 5.54. The van der Waals surface area contributed by atoms with Gasteiger partial charge >= 0.3 is 11.6 Å². The summed E-state index contributed by atoms with van der Waals surface area (Å²) in [7, 11) is 0. The molecular weight excluding hydrogens is 572 g/mol. The zero-order chi connectivity index (χ0) is 32.2. The van der Waals surface area contributed by atoms with Gasteiger partial charge in [0.2, 0.25) is 0 Å². The van der Waals surface area contributed by atoms with Crippen LogP contribution in [0.5, 0.6) is 5.75 Å². The fourth-order valence-electron chi connectivity index (χ4n) is 11.5. The molecule has 0 aliphatic heterocycles. The Morgan fingerprint density at radius 3 is 2.65 bits per heavy atom. The quantitative estimate of drug-likeness (QED) is 0.157. The van der Waals surface area contributed by atoms with Gasteiger partial charge in [0.1, 0.15) is 17.4 Å². The average Bonchev–Trinajstić information content (AvgIpc) is 3.65. The third-order valence-corrected chi connectivity index (χ3v) is 13.9. The molecule has 0 radical (unpaired) electrons. The van der Waals surface area contributed by atoms with Crippen molar-refractivity contribution < 1.29 is 18.7 Å². The summed E-state index contributed by atoms with van der Waals surface area (Å²) in [5.41, 5.74) is 4.46. The summed E-state index contributed by atoms with van der Waals surface area (Å²) in [5.74, 6) is 5.15. The number of aryl methyl sites for hydroxylation is 1. The molecule has 46 heavy (non-hydrogen) atoms. The van der Waals surface area contributed by atoms with Crippen LogP contribution >= 0.6 is 0 Å². The number of fused-ring (bicyclic) bond motifs is 8. The molecule has 3 saturated carbocycles. The van der Waals surface area contributed by atoms with E-state index < -0.39 is 0 Å². The molecule has 0 spiro atoms. The molecule has 250 valence electrons. The molecule has 0 N–H and O–H groups in total. The van der Waals surface area contributed by atoms with Crippen molar-refractivity contribution in [1.82, 2.24) is 0 Å². The fourth-order valence-corrected chi connectivity index (χ4v) is 11.5. The lowest BCUT2D eigenvalue weighted by Crippen LogP contribution is -2.51. The number of benzene rings is 1. The smallest absolute Gasteiger partial charge is 0.344 e. The molecule has 2 aromatic rings. The molecule has 5 aliphatic rings. The van der Waals surface area contributed by atoms with Crippen molar-refractivity contribution in [3.8, 4) is 5.75 Å². The van der Waals surface area contributed by atoms with Crippen LogP contribution in [-0.4, -0.2) is 18.7 Å². The number of carbonyl (C=O) groups excluding carboxylic acids is 1. The largest absolute Gasteiger partial charge is 0.482 e. The lowest BCUT2D eigenvalue weighted by molar-refractivity contribution is -0.153. The lowest BCUT2D eigenvalue weighted by atomic mass is 9.47. The highest BCUT2D eigenvalue weighted by molar-refractivity contribution is 5.83. The molecule has 7 rings (SSSR count). The second-order valence-electron chi connectivity index (χ2n) is 16.8. The molecule has 0 saturated heterocycles. The van der Waals surface area contributed by atoms with Crippen LogP contribution in [0.15, 0.2) is 39.1 Å². The van der Waals surface area contributed by atoms with Gasteiger partial charge in [0.15, 0.2) is 6.61 Å². The van der Waals surface area contributed by atoms with Crippen molar-refractivity contribution in [2.75, 3.05) is 6.61 Å². The highest BCUT2D eigenvalue weighted by Crippen LogP contribution is 2.67. The standard InChI is InChI=1S/C41H56O5/c1-25(2)8-6-9-26(3)34-16-17-35-33-14-12-27-22-29(18-20-40(27,4)36(33)19-21-41(34,35)5)45-38(42)24-44-28-13-15-31-30-10-7-11-32(30)39(43)46-37(31)23-28/h12-13,15,23,25-26,29,33-36H,6-11,14,16-22,24H2,1-5H3/t26-,29+,33+,34-,35-,36-,40+,41-/m1/s1. The van der Waals surface area contributed by atoms with Gasteiger partial charge in [-0.2, -0.15) is 0 Å². The number of hydrogen-bond acceptors (Lipinski definition) is 5. The van der Waals surface area contributed by atoms with Crippen LogP contribution in [0.4, 0.5) is 0 Å². The lowest BCUT2D eigenvalue weighted by Gasteiger charge is -2.58. The van der Waals surface area contributed by atoms with Crippen LogP contribution in [0.3, 0.4) is 0 Å². The molecule has 0 bridgehead atoms. The first kappa shape index (κ1) is 32.0. The van der Waals surface area contributed by atoms with E-state index in [4.69, 9.17) is 13.9 Å². The highest BCUT2D eigenvalue weighted by Gasteiger charge is 2.59. The predicted octanol–water partition coefficient (Wildman–Crippen LogP) is 9.61. The predicted molar refractivity (Wildman–Crippen MR) is 183 cm³/mol. The van der Waals surface area contributed by atoms with E-state index >= 15 is 0 Å². The molecule has 5 aliphatic carbocycles. The van der Waals surface area contributed by atoms with E-state index in [1.807, 2.05) is 12.1 Å². The van der Waals surface area contributed by atoms with Crippen molar-refractivity contribution in [3.05, 3.63) is 51.4 Å². The maximum atomic E-state index is 12.9. The van der Waals surface area contributed by atoms with Crippen molar-refractivity contribution in [1.29, 1.82) is 0 Å². The first-order chi connectivity index (χ1) is 22.1. The van der Waals surface area contributed by atoms with Gasteiger partial charge in [-0.15, -0.1) is 0 Å². The summed E-state index contributed by atoms with van der Waals surface area (Å²) in [5, 5.41) is 0.970. The number of esters is 1. The van der Waals surface area contributed by atoms with Gasteiger partial charge in [0.05, 0.1) is 0 Å². The van der Waals surface area contributed by atoms with Crippen LogP contribution in [0.2, 0.25) is 0 Å². The maximum Gasteiger partial charge on any atom is 0.344 e. The molecule has 1 aromatic heterocycles. The fraction of sp³-hybridized carbons (Fsp3) is 0.707. The van der Waals surface area contributed by atoms with E-state index in [0.717, 1.165) is 90.5 Å². The van der Waals surface area contributed by atoms with Gasteiger partial charge in [-0.25, -0.2) is 9.59 Å². The Hall–Kier alpha value is -2.56. The summed E-state index contributed by atoms with van der Waals surface area (Å²) in [4.78, 5) is 25.3. The molecule has 3 fully saturated rings. The van der Waals surface area contributed by atoms with Crippen molar-refractivity contribution >= 4 is 16.9 Å². The first-order valence-corrected chi connectivity index (χ1v) is 18.7. The second-order valence-corrected chi connectivity index (χ2v) is 16.8. The van der Waals surface area contributed by atoms with Crippen LogP contribution in [-0.2, 0) is 22.4 Å². The van der Waals surface area contributed by atoms with E-state index in [-0.39, 0.29) is 29.7 Å². The SMILES string of the molecule is CC(C)CCC[C@@H](C)[C@H]1CC[C@@H]2[C@@H]3CC=C4C[C@@H](OC(=O)COc5ccc6c7c(c(=O)oc6c5)CCC7)CC[C@]4(C)[C@@H]3CC[C@@]21C. The second kappa shape index (κ2) is 12.5. The minimum atomic E-state index is -0.327. The Balaban J connectivity index is 0.954. The molecule has 1 aromatic carbocycles. The Morgan fingerprint density at radius 1 is 1.00 bits per heavy atom. The van der Waals surface area contributed by atoms with E-state index in [2.05, 4.69) is 40.7 Å². The zero-order valence-electron chi connectivity index (χ0n) is 29.0. The number of hydrogen-bond donors (Lipinski definition) is 0. The van der Waals surface area contributed by atoms with E-state index in [1.54, 1.807) is 6.07 Å². The Bertz CT molecular complexity index is 1550. The van der Waals surface area contributed by atoms with Crippen LogP contribution in [0.25, 0.3) is 11.0 Å². The van der Waals surface area contributed by atoms with Gasteiger partial charge in [-0.1, -0.05) is 65.5 Å². The monoisotopic (exact) mass is 628 g/mol. The number of rotatable bonds is 9. The normalized spacial score (nSPS) is 34.0. The van der Waals surface area contributed by atoms with Crippen LogP contribution < -0.4 is 10.4 Å². The first-order valence-electron chi connectivity index (χ1n) is 18.7. The summed E-state index contributed by atoms with van der Waals surface area (Å²) in [6.07, 6.45) is 19.0. The van der Waals surface area contributed by atoms with E-state index in [9.17, 15) is 9.59 Å². The molecule has 1 heterocycles. The molecule has 0 amide bonds. The third-order valence-electron chi connectivity index (χ3n) is 13.9. The average molecular weight is 629 g/mol. The Labute approximate surface area is 275 Å². The van der Waals surface area contributed by atoms with Crippen LogP contribution in [0.1, 0.15) is 123 Å². The van der Waals surface area contributed by atoms with Gasteiger partial charge < -0.3 is 13.9 Å². The highest BCUT2D eigenvalue weighted by atomic mass is 16.6. The van der Waals surface area contributed by atoms with Gasteiger partial charge in [-0.3, -0.25) is 0 Å². The minimum Gasteiger partial charge on any atom is -0.482 e. The Morgan fingerprint density at radius 2 is 1.83 bits per heavy atom. The maximum absolute atomic E-state index is 12.9. The molecule has 8 atom stereocenters. The minimum absolute atomic E-state index is 0.0828.